The van der Waals surface area contributed by atoms with Crippen LogP contribution >= 0.6 is 11.8 Å². The maximum atomic E-state index is 11.1. The first-order valence-electron chi connectivity index (χ1n) is 5.76. The van der Waals surface area contributed by atoms with E-state index < -0.39 is 6.09 Å². The van der Waals surface area contributed by atoms with Gasteiger partial charge in [0.2, 0.25) is 5.95 Å². The maximum absolute atomic E-state index is 11.1. The van der Waals surface area contributed by atoms with E-state index in [4.69, 9.17) is 0 Å². The number of methoxy groups -OCH3 is 1. The number of H-pyrrole nitrogens is 1. The quantitative estimate of drug-likeness (QED) is 0.893. The molecule has 18 heavy (non-hydrogen) atoms. The zero-order valence-corrected chi connectivity index (χ0v) is 10.7. The second-order valence-electron chi connectivity index (χ2n) is 4.20. The molecule has 0 radical (unpaired) electrons. The average molecular weight is 263 g/mol. The molecule has 94 valence electrons. The molecule has 3 rings (SSSR count). The molecule has 1 heterocycles. The van der Waals surface area contributed by atoms with Gasteiger partial charge in [0, 0.05) is 10.1 Å². The molecule has 1 aromatic heterocycles. The molecule has 1 fully saturated rings. The SMILES string of the molecule is COC(=O)Nc1nc2ccc(SC3CC3)cc2[nH]1. The van der Waals surface area contributed by atoms with Crippen LogP contribution in [0.15, 0.2) is 23.1 Å². The van der Waals surface area contributed by atoms with Gasteiger partial charge in [0.15, 0.2) is 0 Å². The van der Waals surface area contributed by atoms with Crippen LogP contribution in [0.1, 0.15) is 12.8 Å². The molecule has 0 saturated heterocycles. The Kier molecular flexibility index (Phi) is 2.87. The molecular formula is C12H13N3O2S. The van der Waals surface area contributed by atoms with Gasteiger partial charge in [-0.1, -0.05) is 0 Å². The van der Waals surface area contributed by atoms with Crippen LogP contribution in [0.2, 0.25) is 0 Å². The molecule has 2 aromatic rings. The van der Waals surface area contributed by atoms with Gasteiger partial charge in [-0.05, 0) is 31.0 Å². The number of aromatic amines is 1. The van der Waals surface area contributed by atoms with Crippen molar-refractivity contribution in [3.05, 3.63) is 18.2 Å². The number of benzene rings is 1. The molecule has 0 unspecified atom stereocenters. The van der Waals surface area contributed by atoms with Crippen molar-refractivity contribution < 1.29 is 9.53 Å². The lowest BCUT2D eigenvalue weighted by Gasteiger charge is -1.98. The highest BCUT2D eigenvalue weighted by molar-refractivity contribution is 8.00. The minimum atomic E-state index is -0.526. The highest BCUT2D eigenvalue weighted by Gasteiger charge is 2.22. The summed E-state index contributed by atoms with van der Waals surface area (Å²) in [4.78, 5) is 19.6. The third kappa shape index (κ3) is 2.43. The van der Waals surface area contributed by atoms with E-state index >= 15 is 0 Å². The van der Waals surface area contributed by atoms with Gasteiger partial charge in [-0.2, -0.15) is 0 Å². The normalized spacial score (nSPS) is 14.7. The van der Waals surface area contributed by atoms with Crippen molar-refractivity contribution in [3.63, 3.8) is 0 Å². The Morgan fingerprint density at radius 3 is 3.11 bits per heavy atom. The van der Waals surface area contributed by atoms with Crippen molar-refractivity contribution in [3.8, 4) is 0 Å². The van der Waals surface area contributed by atoms with E-state index in [9.17, 15) is 4.79 Å². The Morgan fingerprint density at radius 2 is 2.39 bits per heavy atom. The Bertz CT molecular complexity index is 592. The second kappa shape index (κ2) is 4.53. The van der Waals surface area contributed by atoms with E-state index in [2.05, 4.69) is 32.2 Å². The zero-order chi connectivity index (χ0) is 12.5. The smallest absolute Gasteiger partial charge is 0.413 e. The van der Waals surface area contributed by atoms with E-state index in [0.29, 0.717) is 5.95 Å². The number of thioether (sulfide) groups is 1. The third-order valence-electron chi connectivity index (χ3n) is 2.69. The van der Waals surface area contributed by atoms with Crippen molar-refractivity contribution in [2.24, 2.45) is 0 Å². The summed E-state index contributed by atoms with van der Waals surface area (Å²) in [5.74, 6) is 0.408. The first-order chi connectivity index (χ1) is 8.74. The number of amides is 1. The van der Waals surface area contributed by atoms with Crippen molar-refractivity contribution in [2.75, 3.05) is 12.4 Å². The number of ether oxygens (including phenoxy) is 1. The van der Waals surface area contributed by atoms with Gasteiger partial charge in [-0.15, -0.1) is 11.8 Å². The van der Waals surface area contributed by atoms with E-state index in [0.717, 1.165) is 16.3 Å². The fourth-order valence-corrected chi connectivity index (χ4v) is 2.74. The van der Waals surface area contributed by atoms with Crippen molar-refractivity contribution in [2.45, 2.75) is 23.0 Å². The predicted octanol–water partition coefficient (Wildman–Crippen LogP) is 3.00. The van der Waals surface area contributed by atoms with Gasteiger partial charge >= 0.3 is 6.09 Å². The molecule has 1 amide bonds. The van der Waals surface area contributed by atoms with Crippen LogP contribution in [0.25, 0.3) is 11.0 Å². The topological polar surface area (TPSA) is 67.0 Å². The van der Waals surface area contributed by atoms with E-state index in [1.54, 1.807) is 0 Å². The first kappa shape index (κ1) is 11.4. The lowest BCUT2D eigenvalue weighted by molar-refractivity contribution is 0.186. The van der Waals surface area contributed by atoms with Gasteiger partial charge in [-0.25, -0.2) is 9.78 Å². The lowest BCUT2D eigenvalue weighted by atomic mass is 10.3. The molecule has 6 heteroatoms. The lowest BCUT2D eigenvalue weighted by Crippen LogP contribution is -2.11. The molecule has 0 spiro atoms. The maximum Gasteiger partial charge on any atom is 0.413 e. The number of anilines is 1. The van der Waals surface area contributed by atoms with Gasteiger partial charge < -0.3 is 9.72 Å². The Labute approximate surface area is 108 Å². The minimum absolute atomic E-state index is 0.408. The first-order valence-corrected chi connectivity index (χ1v) is 6.64. The molecule has 2 N–H and O–H groups in total. The molecule has 1 aliphatic carbocycles. The van der Waals surface area contributed by atoms with E-state index in [1.807, 2.05) is 17.8 Å². The summed E-state index contributed by atoms with van der Waals surface area (Å²) in [5, 5.41) is 3.29. The molecular weight excluding hydrogens is 250 g/mol. The van der Waals surface area contributed by atoms with Crippen LogP contribution in [0, 0.1) is 0 Å². The number of hydrogen-bond acceptors (Lipinski definition) is 4. The summed E-state index contributed by atoms with van der Waals surface area (Å²) >= 11 is 1.89. The van der Waals surface area contributed by atoms with Crippen LogP contribution in [0.4, 0.5) is 10.7 Å². The summed E-state index contributed by atoms with van der Waals surface area (Å²) < 4.78 is 4.52. The molecule has 5 nitrogen and oxygen atoms in total. The third-order valence-corrected chi connectivity index (χ3v) is 4.02. The number of hydrogen-bond donors (Lipinski definition) is 2. The second-order valence-corrected chi connectivity index (χ2v) is 5.57. The monoisotopic (exact) mass is 263 g/mol. The van der Waals surface area contributed by atoms with Crippen molar-refractivity contribution in [1.82, 2.24) is 9.97 Å². The van der Waals surface area contributed by atoms with E-state index in [1.165, 1.54) is 24.8 Å². The average Bonchev–Trinajstić information content (AvgIpc) is 3.07. The summed E-state index contributed by atoms with van der Waals surface area (Å²) in [6.45, 7) is 0. The summed E-state index contributed by atoms with van der Waals surface area (Å²) in [7, 11) is 1.32. The Balaban J connectivity index is 1.83. The van der Waals surface area contributed by atoms with Crippen molar-refractivity contribution >= 4 is 34.8 Å². The Hall–Kier alpha value is -1.69. The van der Waals surface area contributed by atoms with Crippen LogP contribution in [-0.2, 0) is 4.74 Å². The van der Waals surface area contributed by atoms with Gasteiger partial charge in [0.25, 0.3) is 0 Å². The van der Waals surface area contributed by atoms with E-state index in [-0.39, 0.29) is 0 Å². The number of rotatable bonds is 3. The minimum Gasteiger partial charge on any atom is -0.453 e. The number of carbonyl (C=O) groups excluding carboxylic acids is 1. The van der Waals surface area contributed by atoms with Crippen molar-refractivity contribution in [1.29, 1.82) is 0 Å². The summed E-state index contributed by atoms with van der Waals surface area (Å²) in [6.07, 6.45) is 2.09. The fourth-order valence-electron chi connectivity index (χ4n) is 1.65. The molecule has 0 atom stereocenters. The zero-order valence-electron chi connectivity index (χ0n) is 9.90. The highest BCUT2D eigenvalue weighted by Crippen LogP contribution is 2.39. The fraction of sp³-hybridized carbons (Fsp3) is 0.333. The van der Waals surface area contributed by atoms with Crippen LogP contribution in [-0.4, -0.2) is 28.4 Å². The largest absolute Gasteiger partial charge is 0.453 e. The molecule has 1 saturated carbocycles. The number of fused-ring (bicyclic) bond motifs is 1. The van der Waals surface area contributed by atoms with Gasteiger partial charge in [0.05, 0.1) is 18.1 Å². The number of nitrogens with one attached hydrogen (secondary N) is 2. The molecule has 0 bridgehead atoms. The number of imidazole rings is 1. The van der Waals surface area contributed by atoms with Crippen LogP contribution < -0.4 is 5.32 Å². The number of nitrogens with zero attached hydrogens (tertiary/aromatic N) is 1. The summed E-state index contributed by atoms with van der Waals surface area (Å²) in [5.41, 5.74) is 1.76. The highest BCUT2D eigenvalue weighted by atomic mass is 32.2. The van der Waals surface area contributed by atoms with Gasteiger partial charge in [0.1, 0.15) is 0 Å². The van der Waals surface area contributed by atoms with Gasteiger partial charge in [-0.3, -0.25) is 5.32 Å². The number of aromatic nitrogens is 2. The van der Waals surface area contributed by atoms with Crippen LogP contribution in [0.5, 0.6) is 0 Å². The van der Waals surface area contributed by atoms with Crippen LogP contribution in [0.3, 0.4) is 0 Å². The molecule has 1 aromatic carbocycles. The predicted molar refractivity (Wildman–Crippen MR) is 71.0 cm³/mol. The summed E-state index contributed by atoms with van der Waals surface area (Å²) in [6, 6.07) is 6.08. The molecule has 1 aliphatic rings. The standard InChI is InChI=1S/C12H13N3O2S/c1-17-12(16)15-11-13-9-5-4-8(6-10(9)14-11)18-7-2-3-7/h4-7H,2-3H2,1H3,(H2,13,14,15,16). The number of carbonyl (C=O) groups is 1. The Morgan fingerprint density at radius 1 is 1.56 bits per heavy atom. The molecule has 0 aliphatic heterocycles.